The molecule has 0 aliphatic heterocycles. The van der Waals surface area contributed by atoms with Crippen molar-refractivity contribution in [3.8, 4) is 0 Å². The molecule has 2 N–H and O–H groups in total. The Morgan fingerprint density at radius 3 is 2.23 bits per heavy atom. The van der Waals surface area contributed by atoms with Crippen molar-refractivity contribution in [3.63, 3.8) is 0 Å². The number of carbonyl (C=O) groups excluding carboxylic acids is 1. The molecule has 0 unspecified atom stereocenters. The van der Waals surface area contributed by atoms with Gasteiger partial charge in [0.25, 0.3) is 0 Å². The predicted molar refractivity (Wildman–Crippen MR) is 100 cm³/mol. The van der Waals surface area contributed by atoms with Crippen molar-refractivity contribution in [2.24, 2.45) is 0 Å². The summed E-state index contributed by atoms with van der Waals surface area (Å²) in [4.78, 5) is 13.0. The first-order chi connectivity index (χ1) is 12.3. The maximum Gasteiger partial charge on any atom is 0.235 e. The minimum absolute atomic E-state index is 0.163. The van der Waals surface area contributed by atoms with Crippen LogP contribution in [0, 0.1) is 5.82 Å². The Morgan fingerprint density at radius 2 is 1.65 bits per heavy atom. The van der Waals surface area contributed by atoms with Crippen molar-refractivity contribution in [3.05, 3.63) is 59.9 Å². The van der Waals surface area contributed by atoms with Crippen LogP contribution in [0.2, 0.25) is 0 Å². The van der Waals surface area contributed by atoms with Crippen molar-refractivity contribution >= 4 is 27.3 Å². The number of hydrogen-bond acceptors (Lipinski definition) is 3. The van der Waals surface area contributed by atoms with Crippen molar-refractivity contribution in [1.29, 1.82) is 0 Å². The molecule has 0 saturated heterocycles. The summed E-state index contributed by atoms with van der Waals surface area (Å²) in [6, 6.07) is 12.7. The van der Waals surface area contributed by atoms with Crippen LogP contribution in [0.4, 0.5) is 15.8 Å². The number of nitrogens with one attached hydrogen (secondary N) is 2. The second-order valence-electron chi connectivity index (χ2n) is 6.71. The minimum Gasteiger partial charge on any atom is -0.325 e. The Morgan fingerprint density at radius 1 is 1.04 bits per heavy atom. The number of sulfonamides is 1. The van der Waals surface area contributed by atoms with E-state index >= 15 is 0 Å². The molecule has 2 aromatic rings. The highest BCUT2D eigenvalue weighted by Gasteiger charge is 2.42. The van der Waals surface area contributed by atoms with Crippen LogP contribution in [-0.4, -0.2) is 20.6 Å². The molecule has 1 aliphatic rings. The largest absolute Gasteiger partial charge is 0.325 e. The van der Waals surface area contributed by atoms with Crippen LogP contribution in [0.5, 0.6) is 0 Å². The SMILES string of the molecule is CS(=O)(=O)Nc1ccc(NC(=O)C2(c3cccc(F)c3)CCCC2)cc1. The highest BCUT2D eigenvalue weighted by molar-refractivity contribution is 7.92. The van der Waals surface area contributed by atoms with Gasteiger partial charge in [-0.15, -0.1) is 0 Å². The zero-order chi connectivity index (χ0) is 18.8. The van der Waals surface area contributed by atoms with E-state index in [1.165, 1.54) is 12.1 Å². The zero-order valence-corrected chi connectivity index (χ0v) is 15.3. The van der Waals surface area contributed by atoms with Gasteiger partial charge in [-0.1, -0.05) is 25.0 Å². The molecular weight excluding hydrogens is 355 g/mol. The van der Waals surface area contributed by atoms with Gasteiger partial charge in [-0.05, 0) is 54.8 Å². The highest BCUT2D eigenvalue weighted by Crippen LogP contribution is 2.42. The molecule has 0 spiro atoms. The van der Waals surface area contributed by atoms with Crippen molar-refractivity contribution < 1.29 is 17.6 Å². The fourth-order valence-electron chi connectivity index (χ4n) is 3.50. The number of carbonyl (C=O) groups is 1. The van der Waals surface area contributed by atoms with E-state index in [2.05, 4.69) is 10.0 Å². The number of rotatable bonds is 5. The van der Waals surface area contributed by atoms with Gasteiger partial charge in [0, 0.05) is 11.4 Å². The molecule has 1 fully saturated rings. The van der Waals surface area contributed by atoms with Gasteiger partial charge in [-0.2, -0.15) is 0 Å². The Bertz CT molecular complexity index is 905. The topological polar surface area (TPSA) is 75.3 Å². The monoisotopic (exact) mass is 376 g/mol. The lowest BCUT2D eigenvalue weighted by Crippen LogP contribution is -2.38. The molecule has 5 nitrogen and oxygen atoms in total. The Balaban J connectivity index is 1.81. The van der Waals surface area contributed by atoms with E-state index in [9.17, 15) is 17.6 Å². The lowest BCUT2D eigenvalue weighted by atomic mass is 9.78. The van der Waals surface area contributed by atoms with Crippen LogP contribution in [0.15, 0.2) is 48.5 Å². The van der Waals surface area contributed by atoms with E-state index in [1.54, 1.807) is 36.4 Å². The van der Waals surface area contributed by atoms with E-state index in [1.807, 2.05) is 0 Å². The second-order valence-corrected chi connectivity index (χ2v) is 8.45. The molecule has 1 saturated carbocycles. The first-order valence-corrected chi connectivity index (χ1v) is 10.3. The van der Waals surface area contributed by atoms with E-state index in [-0.39, 0.29) is 11.7 Å². The summed E-state index contributed by atoms with van der Waals surface area (Å²) in [6.07, 6.45) is 4.26. The Labute approximate surface area is 152 Å². The third-order valence-corrected chi connectivity index (χ3v) is 5.32. The maximum atomic E-state index is 13.7. The van der Waals surface area contributed by atoms with Crippen molar-refractivity contribution in [2.45, 2.75) is 31.1 Å². The summed E-state index contributed by atoms with van der Waals surface area (Å²) in [5, 5.41) is 2.89. The summed E-state index contributed by atoms with van der Waals surface area (Å²) < 4.78 is 38.6. The van der Waals surface area contributed by atoms with E-state index in [4.69, 9.17) is 0 Å². The van der Waals surface area contributed by atoms with E-state index in [0.717, 1.165) is 19.1 Å². The molecule has 0 bridgehead atoms. The summed E-state index contributed by atoms with van der Waals surface area (Å²) in [6.45, 7) is 0. The fourth-order valence-corrected chi connectivity index (χ4v) is 4.06. The highest BCUT2D eigenvalue weighted by atomic mass is 32.2. The van der Waals surface area contributed by atoms with Gasteiger partial charge in [-0.3, -0.25) is 9.52 Å². The Kier molecular flexibility index (Phi) is 5.00. The van der Waals surface area contributed by atoms with Gasteiger partial charge in [0.05, 0.1) is 11.7 Å². The number of halogens is 1. The molecule has 3 rings (SSSR count). The summed E-state index contributed by atoms with van der Waals surface area (Å²) in [5.41, 5.74) is 0.956. The smallest absolute Gasteiger partial charge is 0.235 e. The predicted octanol–water partition coefficient (Wildman–Crippen LogP) is 3.65. The third kappa shape index (κ3) is 4.04. The standard InChI is InChI=1S/C19H21FN2O3S/c1-26(24,25)22-17-9-7-16(8-10-17)21-18(23)19(11-2-3-12-19)14-5-4-6-15(20)13-14/h4-10,13,22H,2-3,11-12H2,1H3,(H,21,23). The van der Waals surface area contributed by atoms with E-state index < -0.39 is 15.4 Å². The minimum atomic E-state index is -3.35. The average Bonchev–Trinajstić information content (AvgIpc) is 3.06. The first-order valence-electron chi connectivity index (χ1n) is 8.44. The molecule has 138 valence electrons. The molecular formula is C19H21FN2O3S. The number of amides is 1. The van der Waals surface area contributed by atoms with Gasteiger partial charge in [0.2, 0.25) is 15.9 Å². The molecule has 0 radical (unpaired) electrons. The number of hydrogen-bond donors (Lipinski definition) is 2. The van der Waals surface area contributed by atoms with Gasteiger partial charge in [0.15, 0.2) is 0 Å². The number of benzene rings is 2. The van der Waals surface area contributed by atoms with Crippen LogP contribution in [0.25, 0.3) is 0 Å². The molecule has 0 atom stereocenters. The summed E-state index contributed by atoms with van der Waals surface area (Å²) in [7, 11) is -3.35. The normalized spacial score (nSPS) is 16.2. The van der Waals surface area contributed by atoms with Crippen molar-refractivity contribution in [1.82, 2.24) is 0 Å². The van der Waals surface area contributed by atoms with Gasteiger partial charge >= 0.3 is 0 Å². The molecule has 1 amide bonds. The molecule has 0 heterocycles. The molecule has 7 heteroatoms. The van der Waals surface area contributed by atoms with Crippen molar-refractivity contribution in [2.75, 3.05) is 16.3 Å². The van der Waals surface area contributed by atoms with Crippen LogP contribution in [0.1, 0.15) is 31.2 Å². The van der Waals surface area contributed by atoms with Crippen LogP contribution in [-0.2, 0) is 20.2 Å². The molecule has 1 aliphatic carbocycles. The molecule has 26 heavy (non-hydrogen) atoms. The summed E-state index contributed by atoms with van der Waals surface area (Å²) >= 11 is 0. The quantitative estimate of drug-likeness (QED) is 0.836. The van der Waals surface area contributed by atoms with Crippen LogP contribution < -0.4 is 10.0 Å². The first kappa shape index (κ1) is 18.4. The van der Waals surface area contributed by atoms with Gasteiger partial charge < -0.3 is 5.32 Å². The lowest BCUT2D eigenvalue weighted by Gasteiger charge is -2.28. The van der Waals surface area contributed by atoms with Gasteiger partial charge in [0.1, 0.15) is 5.82 Å². The molecule has 2 aromatic carbocycles. The number of anilines is 2. The van der Waals surface area contributed by atoms with Crippen LogP contribution in [0.3, 0.4) is 0 Å². The Hall–Kier alpha value is -2.41. The third-order valence-electron chi connectivity index (χ3n) is 4.71. The van der Waals surface area contributed by atoms with Crippen LogP contribution >= 0.6 is 0 Å². The summed E-state index contributed by atoms with van der Waals surface area (Å²) in [5.74, 6) is -0.512. The lowest BCUT2D eigenvalue weighted by molar-refractivity contribution is -0.121. The fraction of sp³-hybridized carbons (Fsp3) is 0.316. The maximum absolute atomic E-state index is 13.7. The van der Waals surface area contributed by atoms with Gasteiger partial charge in [-0.25, -0.2) is 12.8 Å². The zero-order valence-electron chi connectivity index (χ0n) is 14.5. The molecule has 0 aromatic heterocycles. The average molecular weight is 376 g/mol. The van der Waals surface area contributed by atoms with E-state index in [0.29, 0.717) is 29.8 Å². The second kappa shape index (κ2) is 7.07.